The molecule has 0 bridgehead atoms. The van der Waals surface area contributed by atoms with Crippen LogP contribution in [0.25, 0.3) is 0 Å². The van der Waals surface area contributed by atoms with Gasteiger partial charge in [0.15, 0.2) is 0 Å². The molecule has 120 valence electrons. The van der Waals surface area contributed by atoms with Crippen LogP contribution in [-0.4, -0.2) is 11.9 Å². The molecule has 1 atom stereocenters. The molecule has 5 nitrogen and oxygen atoms in total. The van der Waals surface area contributed by atoms with Crippen molar-refractivity contribution in [2.45, 2.75) is 32.9 Å². The maximum atomic E-state index is 12.0. The SMILES string of the molecule is Cc1ccc(CNC(=O)N[C@@H](C)c2ccc3c(c2)CC(=O)N3)s1. The molecular weight excluding hydrogens is 310 g/mol. The maximum absolute atomic E-state index is 12.0. The topological polar surface area (TPSA) is 70.2 Å². The van der Waals surface area contributed by atoms with Gasteiger partial charge in [-0.25, -0.2) is 4.79 Å². The number of hydrogen-bond donors (Lipinski definition) is 3. The number of carbonyl (C=O) groups excluding carboxylic acids is 2. The van der Waals surface area contributed by atoms with E-state index in [0.29, 0.717) is 13.0 Å². The molecule has 0 aliphatic carbocycles. The number of fused-ring (bicyclic) bond motifs is 1. The number of amides is 3. The molecule has 23 heavy (non-hydrogen) atoms. The number of aryl methyl sites for hydroxylation is 1. The molecule has 1 aromatic carbocycles. The molecule has 1 aromatic heterocycles. The van der Waals surface area contributed by atoms with Crippen LogP contribution in [0.4, 0.5) is 10.5 Å². The summed E-state index contributed by atoms with van der Waals surface area (Å²) >= 11 is 1.68. The van der Waals surface area contributed by atoms with Gasteiger partial charge in [-0.05, 0) is 43.2 Å². The lowest BCUT2D eigenvalue weighted by Crippen LogP contribution is -2.36. The van der Waals surface area contributed by atoms with Crippen LogP contribution in [-0.2, 0) is 17.8 Å². The van der Waals surface area contributed by atoms with E-state index < -0.39 is 0 Å². The second kappa shape index (κ2) is 6.42. The Morgan fingerprint density at radius 3 is 2.91 bits per heavy atom. The van der Waals surface area contributed by atoms with Crippen LogP contribution >= 0.6 is 11.3 Å². The number of benzene rings is 1. The van der Waals surface area contributed by atoms with Gasteiger partial charge in [0.2, 0.25) is 5.91 Å². The van der Waals surface area contributed by atoms with Crippen molar-refractivity contribution in [1.29, 1.82) is 0 Å². The Kier molecular flexibility index (Phi) is 4.34. The molecule has 3 amide bonds. The molecule has 0 spiro atoms. The van der Waals surface area contributed by atoms with Crippen molar-refractivity contribution in [3.05, 3.63) is 51.2 Å². The van der Waals surface area contributed by atoms with E-state index in [9.17, 15) is 9.59 Å². The molecule has 6 heteroatoms. The molecule has 0 saturated heterocycles. The summed E-state index contributed by atoms with van der Waals surface area (Å²) in [6.07, 6.45) is 0.403. The number of thiophene rings is 1. The maximum Gasteiger partial charge on any atom is 0.315 e. The zero-order valence-electron chi connectivity index (χ0n) is 13.1. The minimum Gasteiger partial charge on any atom is -0.333 e. The summed E-state index contributed by atoms with van der Waals surface area (Å²) in [5.41, 5.74) is 2.83. The van der Waals surface area contributed by atoms with Gasteiger partial charge in [-0.2, -0.15) is 0 Å². The van der Waals surface area contributed by atoms with Crippen LogP contribution in [0.3, 0.4) is 0 Å². The van der Waals surface area contributed by atoms with Gasteiger partial charge in [-0.3, -0.25) is 4.79 Å². The average molecular weight is 329 g/mol. The zero-order chi connectivity index (χ0) is 16.4. The van der Waals surface area contributed by atoms with Crippen LogP contribution in [0.2, 0.25) is 0 Å². The van der Waals surface area contributed by atoms with Gasteiger partial charge >= 0.3 is 6.03 Å². The largest absolute Gasteiger partial charge is 0.333 e. The van der Waals surface area contributed by atoms with Gasteiger partial charge in [0.1, 0.15) is 0 Å². The number of anilines is 1. The summed E-state index contributed by atoms with van der Waals surface area (Å²) < 4.78 is 0. The number of carbonyl (C=O) groups is 2. The second-order valence-electron chi connectivity index (χ2n) is 5.70. The standard InChI is InChI=1S/C17H19N3O2S/c1-10-3-5-14(23-10)9-18-17(22)19-11(2)12-4-6-15-13(7-12)8-16(21)20-15/h3-7,11H,8-9H2,1-2H3,(H,20,21)(H2,18,19,22)/t11-/m0/s1. The van der Waals surface area contributed by atoms with Gasteiger partial charge in [-0.1, -0.05) is 12.1 Å². The lowest BCUT2D eigenvalue weighted by Gasteiger charge is -2.15. The van der Waals surface area contributed by atoms with Crippen LogP contribution in [0.5, 0.6) is 0 Å². The fourth-order valence-corrected chi connectivity index (χ4v) is 3.43. The molecule has 2 aromatic rings. The molecule has 0 fully saturated rings. The Bertz CT molecular complexity index is 754. The van der Waals surface area contributed by atoms with Crippen LogP contribution in [0.1, 0.15) is 33.8 Å². The zero-order valence-corrected chi connectivity index (χ0v) is 13.9. The molecule has 0 unspecified atom stereocenters. The molecule has 0 radical (unpaired) electrons. The number of hydrogen-bond acceptors (Lipinski definition) is 3. The van der Waals surface area contributed by atoms with E-state index in [1.54, 1.807) is 11.3 Å². The second-order valence-corrected chi connectivity index (χ2v) is 7.08. The summed E-state index contributed by atoms with van der Waals surface area (Å²) in [5.74, 6) is 0.0155. The van der Waals surface area contributed by atoms with Gasteiger partial charge < -0.3 is 16.0 Å². The highest BCUT2D eigenvalue weighted by Crippen LogP contribution is 2.26. The third-order valence-corrected chi connectivity index (χ3v) is 4.82. The van der Waals surface area contributed by atoms with Crippen LogP contribution < -0.4 is 16.0 Å². The predicted molar refractivity (Wildman–Crippen MR) is 91.6 cm³/mol. The lowest BCUT2D eigenvalue weighted by molar-refractivity contribution is -0.115. The number of urea groups is 1. The van der Waals surface area contributed by atoms with Gasteiger partial charge in [0, 0.05) is 15.4 Å². The van der Waals surface area contributed by atoms with Crippen molar-refractivity contribution in [2.24, 2.45) is 0 Å². The van der Waals surface area contributed by atoms with Gasteiger partial charge in [0.25, 0.3) is 0 Å². The smallest absolute Gasteiger partial charge is 0.315 e. The quantitative estimate of drug-likeness (QED) is 0.806. The summed E-state index contributed by atoms with van der Waals surface area (Å²) in [6, 6.07) is 9.54. The van der Waals surface area contributed by atoms with E-state index >= 15 is 0 Å². The monoisotopic (exact) mass is 329 g/mol. The van der Waals surface area contributed by atoms with E-state index in [-0.39, 0.29) is 18.0 Å². The van der Waals surface area contributed by atoms with E-state index in [1.165, 1.54) is 4.88 Å². The first-order chi connectivity index (χ1) is 11.0. The van der Waals surface area contributed by atoms with Crippen LogP contribution in [0, 0.1) is 6.92 Å². The van der Waals surface area contributed by atoms with Crippen LogP contribution in [0.15, 0.2) is 30.3 Å². The Hall–Kier alpha value is -2.34. The fraction of sp³-hybridized carbons (Fsp3) is 0.294. The van der Waals surface area contributed by atoms with Crippen molar-refractivity contribution in [2.75, 3.05) is 5.32 Å². The Morgan fingerprint density at radius 1 is 1.35 bits per heavy atom. The molecular formula is C17H19N3O2S. The highest BCUT2D eigenvalue weighted by molar-refractivity contribution is 7.11. The molecule has 1 aliphatic heterocycles. The molecule has 0 saturated carbocycles. The summed E-state index contributed by atoms with van der Waals surface area (Å²) in [6.45, 7) is 4.50. The predicted octanol–water partition coefficient (Wildman–Crippen LogP) is 3.11. The van der Waals surface area contributed by atoms with Crippen molar-refractivity contribution >= 4 is 29.0 Å². The van der Waals surface area contributed by atoms with E-state index in [1.807, 2.05) is 44.2 Å². The summed E-state index contributed by atoms with van der Waals surface area (Å²) in [4.78, 5) is 25.8. The fourth-order valence-electron chi connectivity index (χ4n) is 2.60. The lowest BCUT2D eigenvalue weighted by atomic mass is 10.0. The van der Waals surface area contributed by atoms with Gasteiger partial charge in [0.05, 0.1) is 19.0 Å². The molecule has 3 rings (SSSR count). The average Bonchev–Trinajstić information content (AvgIpc) is 3.08. The molecule has 2 heterocycles. The summed E-state index contributed by atoms with van der Waals surface area (Å²) in [5, 5.41) is 8.60. The Morgan fingerprint density at radius 2 is 2.17 bits per heavy atom. The number of rotatable bonds is 4. The highest BCUT2D eigenvalue weighted by Gasteiger charge is 2.19. The Labute approximate surface area is 139 Å². The van der Waals surface area contributed by atoms with Gasteiger partial charge in [-0.15, -0.1) is 11.3 Å². The Balaban J connectivity index is 1.56. The third kappa shape index (κ3) is 3.71. The molecule has 3 N–H and O–H groups in total. The molecule has 1 aliphatic rings. The van der Waals surface area contributed by atoms with Crippen molar-refractivity contribution in [3.8, 4) is 0 Å². The van der Waals surface area contributed by atoms with Crippen molar-refractivity contribution in [1.82, 2.24) is 10.6 Å². The van der Waals surface area contributed by atoms with E-state index in [4.69, 9.17) is 0 Å². The third-order valence-electron chi connectivity index (χ3n) is 3.82. The normalized spacial score (nSPS) is 14.1. The van der Waals surface area contributed by atoms with Crippen molar-refractivity contribution in [3.63, 3.8) is 0 Å². The minimum absolute atomic E-state index is 0.0155. The first kappa shape index (κ1) is 15.6. The highest BCUT2D eigenvalue weighted by atomic mass is 32.1. The minimum atomic E-state index is -0.196. The number of nitrogens with one attached hydrogen (secondary N) is 3. The summed E-state index contributed by atoms with van der Waals surface area (Å²) in [7, 11) is 0. The first-order valence-electron chi connectivity index (χ1n) is 7.53. The van der Waals surface area contributed by atoms with E-state index in [0.717, 1.165) is 21.7 Å². The first-order valence-corrected chi connectivity index (χ1v) is 8.35. The van der Waals surface area contributed by atoms with Crippen molar-refractivity contribution < 1.29 is 9.59 Å². The van der Waals surface area contributed by atoms with E-state index in [2.05, 4.69) is 16.0 Å².